The molecule has 0 saturated carbocycles. The van der Waals surface area contributed by atoms with Gasteiger partial charge in [-0.1, -0.05) is 18.2 Å². The lowest BCUT2D eigenvalue weighted by Gasteiger charge is -2.19. The van der Waals surface area contributed by atoms with E-state index >= 15 is 0 Å². The van der Waals surface area contributed by atoms with Gasteiger partial charge in [0.15, 0.2) is 0 Å². The molecule has 1 aromatic rings. The number of aromatic nitrogens is 1. The monoisotopic (exact) mass is 249 g/mol. The van der Waals surface area contributed by atoms with Gasteiger partial charge in [-0.05, 0) is 11.6 Å². The van der Waals surface area contributed by atoms with E-state index in [1.54, 1.807) is 6.20 Å². The van der Waals surface area contributed by atoms with Crippen molar-refractivity contribution in [2.24, 2.45) is 0 Å². The van der Waals surface area contributed by atoms with Crippen LogP contribution in [0.15, 0.2) is 36.7 Å². The maximum atomic E-state index is 8.62. The quantitative estimate of drug-likeness (QED) is 0.551. The fraction of sp³-hybridized carbons (Fsp3) is 0.385. The van der Waals surface area contributed by atoms with Crippen molar-refractivity contribution >= 4 is 11.6 Å². The van der Waals surface area contributed by atoms with Crippen molar-refractivity contribution in [2.45, 2.75) is 13.0 Å². The first-order valence-corrected chi connectivity index (χ1v) is 6.09. The van der Waals surface area contributed by atoms with Gasteiger partial charge in [0, 0.05) is 44.3 Å². The highest BCUT2D eigenvalue weighted by atomic mass is 35.5. The number of allylic oxidation sites excluding steroid dienone is 1. The highest BCUT2D eigenvalue weighted by molar-refractivity contribution is 6.18. The fourth-order valence-corrected chi connectivity index (χ4v) is 1.61. The van der Waals surface area contributed by atoms with E-state index in [2.05, 4.69) is 16.0 Å². The van der Waals surface area contributed by atoms with E-state index < -0.39 is 0 Å². The lowest BCUT2D eigenvalue weighted by atomic mass is 10.2. The Morgan fingerprint density at radius 1 is 1.47 bits per heavy atom. The zero-order chi connectivity index (χ0) is 12.3. The zero-order valence-corrected chi connectivity index (χ0v) is 10.5. The molecule has 1 rings (SSSR count). The second-order valence-electron chi connectivity index (χ2n) is 3.63. The van der Waals surface area contributed by atoms with E-state index in [1.165, 1.54) is 0 Å². The summed E-state index contributed by atoms with van der Waals surface area (Å²) in [6.45, 7) is 2.38. The summed E-state index contributed by atoms with van der Waals surface area (Å²) in [5, 5.41) is 8.62. The van der Waals surface area contributed by atoms with Crippen LogP contribution in [0.4, 0.5) is 0 Å². The molecule has 0 bridgehead atoms. The summed E-state index contributed by atoms with van der Waals surface area (Å²) in [6, 6.07) is 6.13. The molecule has 3 nitrogen and oxygen atoms in total. The van der Waals surface area contributed by atoms with Gasteiger partial charge in [-0.15, -0.1) is 11.6 Å². The predicted octanol–water partition coefficient (Wildman–Crippen LogP) is 2.59. The maximum Gasteiger partial charge on any atom is 0.0635 e. The van der Waals surface area contributed by atoms with Crippen LogP contribution in [0.25, 0.3) is 0 Å². The topological polar surface area (TPSA) is 39.9 Å². The van der Waals surface area contributed by atoms with E-state index in [-0.39, 0.29) is 0 Å². The number of pyridine rings is 1. The van der Waals surface area contributed by atoms with Crippen LogP contribution in [0.5, 0.6) is 0 Å². The van der Waals surface area contributed by atoms with Gasteiger partial charge in [-0.2, -0.15) is 5.26 Å². The minimum absolute atomic E-state index is 0.527. The first-order valence-electron chi connectivity index (χ1n) is 5.56. The molecule has 1 aromatic heterocycles. The Morgan fingerprint density at radius 3 is 3.00 bits per heavy atom. The molecule has 0 atom stereocenters. The van der Waals surface area contributed by atoms with Crippen LogP contribution >= 0.6 is 11.6 Å². The lowest BCUT2D eigenvalue weighted by Crippen LogP contribution is -2.24. The van der Waals surface area contributed by atoms with Crippen molar-refractivity contribution in [2.75, 3.05) is 19.0 Å². The number of halogens is 1. The van der Waals surface area contributed by atoms with Crippen LogP contribution in [0.3, 0.4) is 0 Å². The maximum absolute atomic E-state index is 8.62. The number of nitrogens with zero attached hydrogens (tertiary/aromatic N) is 3. The van der Waals surface area contributed by atoms with Crippen molar-refractivity contribution in [1.29, 1.82) is 5.26 Å². The molecule has 0 unspecified atom stereocenters. The molecule has 0 amide bonds. The Balaban J connectivity index is 2.51. The van der Waals surface area contributed by atoms with Gasteiger partial charge in [0.2, 0.25) is 0 Å². The molecule has 0 N–H and O–H groups in total. The Labute approximate surface area is 107 Å². The van der Waals surface area contributed by atoms with Gasteiger partial charge in [0.05, 0.1) is 6.07 Å². The summed E-state index contributed by atoms with van der Waals surface area (Å²) in [7, 11) is 0. The largest absolute Gasteiger partial charge is 0.294 e. The summed E-state index contributed by atoms with van der Waals surface area (Å²) >= 11 is 5.58. The van der Waals surface area contributed by atoms with E-state index in [4.69, 9.17) is 16.9 Å². The Hall–Kier alpha value is -1.37. The Kier molecular flexibility index (Phi) is 7.04. The van der Waals surface area contributed by atoms with Gasteiger partial charge in [0.1, 0.15) is 0 Å². The number of nitriles is 1. The second kappa shape index (κ2) is 8.74. The third kappa shape index (κ3) is 6.06. The van der Waals surface area contributed by atoms with Gasteiger partial charge in [0.25, 0.3) is 0 Å². The first kappa shape index (κ1) is 13.7. The summed E-state index contributed by atoms with van der Waals surface area (Å²) in [6.07, 6.45) is 8.10. The van der Waals surface area contributed by atoms with Crippen molar-refractivity contribution in [3.63, 3.8) is 0 Å². The van der Waals surface area contributed by atoms with Crippen LogP contribution in [0.2, 0.25) is 0 Å². The summed E-state index contributed by atoms with van der Waals surface area (Å²) < 4.78 is 0. The van der Waals surface area contributed by atoms with Crippen molar-refractivity contribution in [1.82, 2.24) is 9.88 Å². The molecule has 17 heavy (non-hydrogen) atoms. The standard InChI is InChI=1S/C13H16ClN3/c14-6-1-2-9-17(10-4-7-15)12-13-5-3-8-16-11-13/h1-3,5,8,11H,4,6,9-10,12H2. The summed E-state index contributed by atoms with van der Waals surface area (Å²) in [4.78, 5) is 6.28. The molecule has 0 saturated heterocycles. The smallest absolute Gasteiger partial charge is 0.0635 e. The minimum Gasteiger partial charge on any atom is -0.294 e. The molecule has 0 aliphatic rings. The summed E-state index contributed by atoms with van der Waals surface area (Å²) in [5.74, 6) is 0.527. The molecule has 0 aromatic carbocycles. The van der Waals surface area contributed by atoms with Crippen LogP contribution in [0.1, 0.15) is 12.0 Å². The third-order valence-corrected chi connectivity index (χ3v) is 2.47. The molecule has 0 aliphatic carbocycles. The van der Waals surface area contributed by atoms with Gasteiger partial charge in [-0.25, -0.2) is 0 Å². The van der Waals surface area contributed by atoms with Crippen LogP contribution in [-0.4, -0.2) is 28.9 Å². The third-order valence-electron chi connectivity index (χ3n) is 2.29. The SMILES string of the molecule is N#CCCN(CC=CCCl)Cc1cccnc1. The van der Waals surface area contributed by atoms with E-state index in [9.17, 15) is 0 Å². The molecule has 1 heterocycles. The van der Waals surface area contributed by atoms with E-state index in [1.807, 2.05) is 30.5 Å². The lowest BCUT2D eigenvalue weighted by molar-refractivity contribution is 0.301. The van der Waals surface area contributed by atoms with Crippen molar-refractivity contribution < 1.29 is 0 Å². The normalized spacial score (nSPS) is 10.9. The average molecular weight is 250 g/mol. The number of rotatable bonds is 7. The first-order chi connectivity index (χ1) is 8.36. The van der Waals surface area contributed by atoms with Gasteiger partial charge < -0.3 is 0 Å². The summed E-state index contributed by atoms with van der Waals surface area (Å²) in [5.41, 5.74) is 1.16. The molecule has 0 spiro atoms. The number of alkyl halides is 1. The van der Waals surface area contributed by atoms with Crippen LogP contribution < -0.4 is 0 Å². The highest BCUT2D eigenvalue weighted by Crippen LogP contribution is 2.03. The fourth-order valence-electron chi connectivity index (χ4n) is 1.48. The number of hydrogen-bond donors (Lipinski definition) is 0. The molecule has 90 valence electrons. The molecule has 0 radical (unpaired) electrons. The molecular formula is C13H16ClN3. The molecule has 0 aliphatic heterocycles. The predicted molar refractivity (Wildman–Crippen MR) is 69.6 cm³/mol. The van der Waals surface area contributed by atoms with E-state index in [0.717, 1.165) is 25.2 Å². The second-order valence-corrected chi connectivity index (χ2v) is 3.94. The zero-order valence-electron chi connectivity index (χ0n) is 9.72. The number of hydrogen-bond acceptors (Lipinski definition) is 3. The Morgan fingerprint density at radius 2 is 2.35 bits per heavy atom. The molecule has 0 fully saturated rings. The van der Waals surface area contributed by atoms with Crippen LogP contribution in [0, 0.1) is 11.3 Å². The Bertz CT molecular complexity index is 370. The van der Waals surface area contributed by atoms with E-state index in [0.29, 0.717) is 12.3 Å². The molecule has 4 heteroatoms. The average Bonchev–Trinajstić information content (AvgIpc) is 2.37. The van der Waals surface area contributed by atoms with Crippen LogP contribution in [-0.2, 0) is 6.54 Å². The van der Waals surface area contributed by atoms with Gasteiger partial charge in [-0.3, -0.25) is 9.88 Å². The molecular weight excluding hydrogens is 234 g/mol. The van der Waals surface area contributed by atoms with Crippen molar-refractivity contribution in [3.05, 3.63) is 42.2 Å². The highest BCUT2D eigenvalue weighted by Gasteiger charge is 2.03. The minimum atomic E-state index is 0.527. The van der Waals surface area contributed by atoms with Crippen molar-refractivity contribution in [3.8, 4) is 6.07 Å². The van der Waals surface area contributed by atoms with Gasteiger partial charge >= 0.3 is 0 Å².